The molecule has 0 saturated heterocycles. The van der Waals surface area contributed by atoms with Gasteiger partial charge in [0, 0.05) is 11.3 Å². The lowest BCUT2D eigenvalue weighted by molar-refractivity contribution is 0.735. The molecule has 0 radical (unpaired) electrons. The van der Waals surface area contributed by atoms with Gasteiger partial charge in [-0.1, -0.05) is 58.2 Å². The molecule has 1 aromatic heterocycles. The highest BCUT2D eigenvalue weighted by atomic mass is 14.7. The van der Waals surface area contributed by atoms with Crippen LogP contribution in [0.25, 0.3) is 11.3 Å². The van der Waals surface area contributed by atoms with E-state index in [1.807, 2.05) is 0 Å². The zero-order valence-corrected chi connectivity index (χ0v) is 16.7. The van der Waals surface area contributed by atoms with Crippen LogP contribution < -0.4 is 0 Å². The highest BCUT2D eigenvalue weighted by Gasteiger charge is 2.15. The summed E-state index contributed by atoms with van der Waals surface area (Å²) in [5.74, 6) is 0. The first-order valence-corrected chi connectivity index (χ1v) is 10.3. The van der Waals surface area contributed by atoms with Crippen molar-refractivity contribution >= 4 is 0 Å². The number of hydrogen-bond donors (Lipinski definition) is 0. The van der Waals surface area contributed by atoms with Gasteiger partial charge < -0.3 is 0 Å². The number of aryl methyl sites for hydroxylation is 2. The summed E-state index contributed by atoms with van der Waals surface area (Å²) < 4.78 is 0. The maximum absolute atomic E-state index is 4.83. The lowest BCUT2D eigenvalue weighted by atomic mass is 9.86. The van der Waals surface area contributed by atoms with Crippen molar-refractivity contribution in [1.82, 2.24) is 4.98 Å². The molecule has 0 N–H and O–H groups in total. The van der Waals surface area contributed by atoms with Gasteiger partial charge in [0.05, 0.1) is 5.69 Å². The Bertz CT molecular complexity index is 657. The molecule has 2 rings (SSSR count). The predicted octanol–water partition coefficient (Wildman–Crippen LogP) is 7.08. The molecule has 0 unspecified atom stereocenters. The van der Waals surface area contributed by atoms with E-state index >= 15 is 0 Å². The van der Waals surface area contributed by atoms with Crippen molar-refractivity contribution in [1.29, 1.82) is 0 Å². The van der Waals surface area contributed by atoms with Crippen LogP contribution in [0.5, 0.6) is 0 Å². The Morgan fingerprint density at radius 3 is 2.00 bits per heavy atom. The molecule has 136 valence electrons. The van der Waals surface area contributed by atoms with Gasteiger partial charge in [0.25, 0.3) is 0 Å². The second kappa shape index (κ2) is 10.4. The molecule has 1 heteroatoms. The van der Waals surface area contributed by atoms with Crippen LogP contribution in [0.2, 0.25) is 0 Å². The van der Waals surface area contributed by atoms with Gasteiger partial charge in [-0.2, -0.15) is 0 Å². The van der Waals surface area contributed by atoms with E-state index in [0.29, 0.717) is 0 Å². The number of unbranched alkanes of at least 4 members (excludes halogenated alkanes) is 3. The fourth-order valence-corrected chi connectivity index (χ4v) is 3.58. The first kappa shape index (κ1) is 19.7. The molecule has 1 nitrogen and oxygen atoms in total. The van der Waals surface area contributed by atoms with E-state index in [1.165, 1.54) is 63.4 Å². The summed E-state index contributed by atoms with van der Waals surface area (Å²) in [7, 11) is 0. The SMILES string of the molecule is CCCCc1ccc(-c2cccc(C)n2)c(CCCC)c1CCCC. The average Bonchev–Trinajstić information content (AvgIpc) is 2.63. The second-order valence-corrected chi connectivity index (χ2v) is 7.20. The Labute approximate surface area is 154 Å². The Morgan fingerprint density at radius 1 is 0.720 bits per heavy atom. The second-order valence-electron chi connectivity index (χ2n) is 7.20. The Hall–Kier alpha value is -1.63. The van der Waals surface area contributed by atoms with Crippen molar-refractivity contribution in [3.8, 4) is 11.3 Å². The van der Waals surface area contributed by atoms with Crippen LogP contribution in [0, 0.1) is 6.92 Å². The summed E-state index contributed by atoms with van der Waals surface area (Å²) in [4.78, 5) is 4.83. The quantitative estimate of drug-likeness (QED) is 0.451. The summed E-state index contributed by atoms with van der Waals surface area (Å²) >= 11 is 0. The van der Waals surface area contributed by atoms with Crippen LogP contribution in [-0.2, 0) is 19.3 Å². The molecule has 0 aliphatic heterocycles. The van der Waals surface area contributed by atoms with E-state index in [4.69, 9.17) is 4.98 Å². The summed E-state index contributed by atoms with van der Waals surface area (Å²) in [5.41, 5.74) is 8.39. The van der Waals surface area contributed by atoms with Crippen molar-refractivity contribution in [3.63, 3.8) is 0 Å². The summed E-state index contributed by atoms with van der Waals surface area (Å²) in [6, 6.07) is 11.1. The highest BCUT2D eigenvalue weighted by molar-refractivity contribution is 5.67. The third-order valence-corrected chi connectivity index (χ3v) is 5.05. The molecule has 0 saturated carbocycles. The van der Waals surface area contributed by atoms with E-state index < -0.39 is 0 Å². The molecule has 0 amide bonds. The van der Waals surface area contributed by atoms with Gasteiger partial charge in [0.2, 0.25) is 0 Å². The summed E-state index contributed by atoms with van der Waals surface area (Å²) in [5, 5.41) is 0. The zero-order chi connectivity index (χ0) is 18.1. The van der Waals surface area contributed by atoms with E-state index in [9.17, 15) is 0 Å². The Balaban J connectivity index is 2.53. The fraction of sp³-hybridized carbons (Fsp3) is 0.542. The Kier molecular flexibility index (Phi) is 8.18. The molecule has 0 atom stereocenters. The first-order chi connectivity index (χ1) is 12.2. The average molecular weight is 338 g/mol. The lowest BCUT2D eigenvalue weighted by Gasteiger charge is -2.19. The van der Waals surface area contributed by atoms with Crippen LogP contribution >= 0.6 is 0 Å². The summed E-state index contributed by atoms with van der Waals surface area (Å²) in [6.45, 7) is 8.96. The molecule has 0 aliphatic carbocycles. The molecule has 0 spiro atoms. The number of hydrogen-bond acceptors (Lipinski definition) is 1. The Morgan fingerprint density at radius 2 is 1.36 bits per heavy atom. The first-order valence-electron chi connectivity index (χ1n) is 10.3. The number of nitrogens with zero attached hydrogens (tertiary/aromatic N) is 1. The largest absolute Gasteiger partial charge is 0.253 e. The monoisotopic (exact) mass is 337 g/mol. The van der Waals surface area contributed by atoms with Gasteiger partial charge in [0.1, 0.15) is 0 Å². The van der Waals surface area contributed by atoms with Crippen LogP contribution in [0.1, 0.15) is 81.7 Å². The lowest BCUT2D eigenvalue weighted by Crippen LogP contribution is -2.05. The van der Waals surface area contributed by atoms with Gasteiger partial charge in [-0.25, -0.2) is 0 Å². The minimum atomic E-state index is 1.10. The normalized spacial score (nSPS) is 11.0. The molecule has 0 aliphatic rings. The van der Waals surface area contributed by atoms with E-state index in [0.717, 1.165) is 11.4 Å². The minimum absolute atomic E-state index is 1.10. The number of pyridine rings is 1. The van der Waals surface area contributed by atoms with Crippen molar-refractivity contribution < 1.29 is 0 Å². The van der Waals surface area contributed by atoms with Crippen molar-refractivity contribution in [2.45, 2.75) is 85.5 Å². The van der Waals surface area contributed by atoms with Gasteiger partial charge in [-0.05, 0) is 74.3 Å². The fourth-order valence-electron chi connectivity index (χ4n) is 3.58. The third kappa shape index (κ3) is 5.42. The van der Waals surface area contributed by atoms with E-state index in [2.05, 4.69) is 58.0 Å². The molecular formula is C24H35N. The van der Waals surface area contributed by atoms with Gasteiger partial charge >= 0.3 is 0 Å². The van der Waals surface area contributed by atoms with Crippen molar-refractivity contribution in [2.24, 2.45) is 0 Å². The van der Waals surface area contributed by atoms with Crippen LogP contribution in [0.4, 0.5) is 0 Å². The van der Waals surface area contributed by atoms with Crippen molar-refractivity contribution in [3.05, 3.63) is 52.7 Å². The maximum Gasteiger partial charge on any atom is 0.0708 e. The van der Waals surface area contributed by atoms with Gasteiger partial charge in [0.15, 0.2) is 0 Å². The third-order valence-electron chi connectivity index (χ3n) is 5.05. The topological polar surface area (TPSA) is 12.9 Å². The smallest absolute Gasteiger partial charge is 0.0708 e. The predicted molar refractivity (Wildman–Crippen MR) is 110 cm³/mol. The summed E-state index contributed by atoms with van der Waals surface area (Å²) in [6.07, 6.45) is 11.2. The standard InChI is InChI=1S/C24H35N/c1-5-8-13-20-17-18-23(24-16-11-12-19(4)25-24)22(15-10-7-3)21(20)14-9-6-2/h11-12,16-18H,5-10,13-15H2,1-4H3. The van der Waals surface area contributed by atoms with Crippen molar-refractivity contribution in [2.75, 3.05) is 0 Å². The molecule has 1 heterocycles. The van der Waals surface area contributed by atoms with E-state index in [-0.39, 0.29) is 0 Å². The van der Waals surface area contributed by atoms with Crippen LogP contribution in [0.3, 0.4) is 0 Å². The molecule has 0 bridgehead atoms. The molecule has 2 aromatic rings. The zero-order valence-electron chi connectivity index (χ0n) is 16.7. The highest BCUT2D eigenvalue weighted by Crippen LogP contribution is 2.31. The molecule has 0 fully saturated rings. The molecular weight excluding hydrogens is 302 g/mol. The van der Waals surface area contributed by atoms with E-state index in [1.54, 1.807) is 16.7 Å². The van der Waals surface area contributed by atoms with Gasteiger partial charge in [-0.3, -0.25) is 4.98 Å². The number of benzene rings is 1. The number of aromatic nitrogens is 1. The maximum atomic E-state index is 4.83. The molecule has 25 heavy (non-hydrogen) atoms. The molecule has 1 aromatic carbocycles. The minimum Gasteiger partial charge on any atom is -0.253 e. The van der Waals surface area contributed by atoms with Crippen LogP contribution in [-0.4, -0.2) is 4.98 Å². The van der Waals surface area contributed by atoms with Gasteiger partial charge in [-0.15, -0.1) is 0 Å². The van der Waals surface area contributed by atoms with Crippen LogP contribution in [0.15, 0.2) is 30.3 Å². The number of rotatable bonds is 10.